The summed E-state index contributed by atoms with van der Waals surface area (Å²) in [5, 5.41) is 65.0. The first-order valence-electron chi connectivity index (χ1n) is 9.70. The molecule has 0 rings (SSSR count). The Morgan fingerprint density at radius 3 is 0.931 bits per heavy atom. The molecule has 176 valence electrons. The molecule has 11 heteroatoms. The third kappa shape index (κ3) is 11.5. The number of aliphatic hydroxyl groups is 7. The second-order valence-corrected chi connectivity index (χ2v) is 6.92. The predicted octanol–water partition coefficient (Wildman–Crippen LogP) is -3.13. The lowest BCUT2D eigenvalue weighted by Crippen LogP contribution is -2.47. The van der Waals surface area contributed by atoms with Crippen LogP contribution < -0.4 is 0 Å². The molecule has 1 atom stereocenters. The Morgan fingerprint density at radius 1 is 0.483 bits per heavy atom. The number of hydrogen-bond acceptors (Lipinski definition) is 11. The van der Waals surface area contributed by atoms with Crippen LogP contribution in [0.4, 0.5) is 0 Å². The Bertz CT molecular complexity index is 286. The Morgan fingerprint density at radius 2 is 0.724 bits per heavy atom. The summed E-state index contributed by atoms with van der Waals surface area (Å²) in [7, 11) is 0. The van der Waals surface area contributed by atoms with E-state index < -0.39 is 69.5 Å². The maximum atomic E-state index is 9.39. The molecule has 0 saturated carbocycles. The molecule has 0 aliphatic heterocycles. The normalized spacial score (nSPS) is 13.8. The van der Waals surface area contributed by atoms with Crippen molar-refractivity contribution in [2.24, 2.45) is 5.41 Å². The molecular formula is C18H38O11. The van der Waals surface area contributed by atoms with E-state index in [2.05, 4.69) is 0 Å². The predicted molar refractivity (Wildman–Crippen MR) is 101 cm³/mol. The van der Waals surface area contributed by atoms with Crippen LogP contribution in [0.3, 0.4) is 0 Å². The van der Waals surface area contributed by atoms with Crippen LogP contribution in [0.5, 0.6) is 0 Å². The molecule has 0 bridgehead atoms. The quantitative estimate of drug-likeness (QED) is 0.104. The fourth-order valence-electron chi connectivity index (χ4n) is 2.22. The number of rotatable bonds is 20. The van der Waals surface area contributed by atoms with Gasteiger partial charge in [-0.2, -0.15) is 0 Å². The van der Waals surface area contributed by atoms with Gasteiger partial charge in [-0.15, -0.1) is 0 Å². The average Bonchev–Trinajstić information content (AvgIpc) is 2.76. The molecule has 0 radical (unpaired) electrons. The van der Waals surface area contributed by atoms with Gasteiger partial charge in [0.1, 0.15) is 18.3 Å². The van der Waals surface area contributed by atoms with Gasteiger partial charge >= 0.3 is 0 Å². The molecule has 1 unspecified atom stereocenters. The standard InChI is InChI=1S/C18H38O11/c1-2-14(3-19)26-10-18(11-27-15(4-20)5-21,12-28-16(6-22)7-23)13-29-17(8-24)9-25/h14-17,19-25H,2-13H2,1H3. The van der Waals surface area contributed by atoms with Crippen LogP contribution >= 0.6 is 0 Å². The summed E-state index contributed by atoms with van der Waals surface area (Å²) in [6, 6.07) is 0. The molecule has 0 spiro atoms. The SMILES string of the molecule is CCC(CO)OCC(COC(CO)CO)(COC(CO)CO)COC(CO)CO. The number of aliphatic hydroxyl groups excluding tert-OH is 7. The third-order valence-electron chi connectivity index (χ3n) is 4.38. The van der Waals surface area contributed by atoms with Crippen molar-refractivity contribution in [1.82, 2.24) is 0 Å². The zero-order valence-corrected chi connectivity index (χ0v) is 17.1. The van der Waals surface area contributed by atoms with E-state index in [-0.39, 0.29) is 33.0 Å². The van der Waals surface area contributed by atoms with Crippen molar-refractivity contribution in [1.29, 1.82) is 0 Å². The molecule has 0 aromatic carbocycles. The van der Waals surface area contributed by atoms with Gasteiger partial charge in [0.25, 0.3) is 0 Å². The molecule has 0 heterocycles. The van der Waals surface area contributed by atoms with Gasteiger partial charge in [-0.05, 0) is 6.42 Å². The first-order chi connectivity index (χ1) is 14.0. The molecule has 0 aliphatic carbocycles. The zero-order valence-electron chi connectivity index (χ0n) is 17.1. The monoisotopic (exact) mass is 430 g/mol. The summed E-state index contributed by atoms with van der Waals surface area (Å²) in [6.45, 7) is -1.24. The minimum absolute atomic E-state index is 0.0250. The molecule has 7 N–H and O–H groups in total. The van der Waals surface area contributed by atoms with Crippen molar-refractivity contribution >= 4 is 0 Å². The minimum atomic E-state index is -1.05. The van der Waals surface area contributed by atoms with Crippen LogP contribution in [0.1, 0.15) is 13.3 Å². The topological polar surface area (TPSA) is 179 Å². The zero-order chi connectivity index (χ0) is 22.1. The Kier molecular flexibility index (Phi) is 17.0. The maximum Gasteiger partial charge on any atom is 0.104 e. The lowest BCUT2D eigenvalue weighted by molar-refractivity contribution is -0.168. The smallest absolute Gasteiger partial charge is 0.104 e. The average molecular weight is 430 g/mol. The summed E-state index contributed by atoms with van der Waals surface area (Å²) < 4.78 is 22.4. The Hall–Kier alpha value is -0.440. The maximum absolute atomic E-state index is 9.39. The highest BCUT2D eigenvalue weighted by Crippen LogP contribution is 2.24. The van der Waals surface area contributed by atoms with Crippen molar-refractivity contribution in [3.05, 3.63) is 0 Å². The van der Waals surface area contributed by atoms with E-state index in [1.54, 1.807) is 0 Å². The van der Waals surface area contributed by atoms with Gasteiger partial charge in [0.15, 0.2) is 0 Å². The van der Waals surface area contributed by atoms with Crippen LogP contribution in [0.25, 0.3) is 0 Å². The van der Waals surface area contributed by atoms with Gasteiger partial charge < -0.3 is 54.7 Å². The molecule has 0 aromatic rings. The van der Waals surface area contributed by atoms with Gasteiger partial charge in [0, 0.05) is 0 Å². The highest BCUT2D eigenvalue weighted by Gasteiger charge is 2.36. The van der Waals surface area contributed by atoms with Crippen molar-refractivity contribution in [3.8, 4) is 0 Å². The van der Waals surface area contributed by atoms with E-state index in [0.717, 1.165) is 0 Å². The molecule has 0 aliphatic rings. The second-order valence-electron chi connectivity index (χ2n) is 6.92. The van der Waals surface area contributed by atoms with Crippen molar-refractivity contribution < 1.29 is 54.7 Å². The fraction of sp³-hybridized carbons (Fsp3) is 1.00. The lowest BCUT2D eigenvalue weighted by atomic mass is 9.91. The van der Waals surface area contributed by atoms with Crippen molar-refractivity contribution in [2.75, 3.05) is 72.7 Å². The Balaban J connectivity index is 5.46. The van der Waals surface area contributed by atoms with E-state index in [9.17, 15) is 35.7 Å². The summed E-state index contributed by atoms with van der Waals surface area (Å²) in [4.78, 5) is 0. The molecular weight excluding hydrogens is 392 g/mol. The van der Waals surface area contributed by atoms with Gasteiger partial charge in [-0.25, -0.2) is 0 Å². The second kappa shape index (κ2) is 17.3. The van der Waals surface area contributed by atoms with E-state index in [1.807, 2.05) is 6.92 Å². The van der Waals surface area contributed by atoms with Gasteiger partial charge in [-0.1, -0.05) is 6.92 Å². The van der Waals surface area contributed by atoms with Crippen molar-refractivity contribution in [2.45, 2.75) is 37.8 Å². The summed E-state index contributed by atoms with van der Waals surface area (Å²) in [5.41, 5.74) is -1.05. The van der Waals surface area contributed by atoms with Crippen LogP contribution in [0, 0.1) is 5.41 Å². The van der Waals surface area contributed by atoms with Crippen molar-refractivity contribution in [3.63, 3.8) is 0 Å². The minimum Gasteiger partial charge on any atom is -0.394 e. The molecule has 0 aromatic heterocycles. The molecule has 29 heavy (non-hydrogen) atoms. The third-order valence-corrected chi connectivity index (χ3v) is 4.38. The highest BCUT2D eigenvalue weighted by molar-refractivity contribution is 4.82. The van der Waals surface area contributed by atoms with Crippen LogP contribution in [0.15, 0.2) is 0 Å². The molecule has 0 saturated heterocycles. The van der Waals surface area contributed by atoms with Gasteiger partial charge in [-0.3, -0.25) is 0 Å². The van der Waals surface area contributed by atoms with Crippen LogP contribution in [0.2, 0.25) is 0 Å². The number of hydrogen-bond donors (Lipinski definition) is 7. The summed E-state index contributed by atoms with van der Waals surface area (Å²) in [5.74, 6) is 0. The van der Waals surface area contributed by atoms with Gasteiger partial charge in [0.2, 0.25) is 0 Å². The van der Waals surface area contributed by atoms with E-state index in [0.29, 0.717) is 6.42 Å². The molecule has 0 fully saturated rings. The largest absolute Gasteiger partial charge is 0.394 e. The molecule has 11 nitrogen and oxygen atoms in total. The first-order valence-corrected chi connectivity index (χ1v) is 9.70. The molecule has 0 amide bonds. The van der Waals surface area contributed by atoms with Crippen LogP contribution in [-0.2, 0) is 18.9 Å². The summed E-state index contributed by atoms with van der Waals surface area (Å²) in [6.07, 6.45) is -2.48. The summed E-state index contributed by atoms with van der Waals surface area (Å²) >= 11 is 0. The Labute approximate surface area is 171 Å². The fourth-order valence-corrected chi connectivity index (χ4v) is 2.22. The van der Waals surface area contributed by atoms with E-state index in [4.69, 9.17) is 18.9 Å². The first kappa shape index (κ1) is 28.6. The number of ether oxygens (including phenoxy) is 4. The van der Waals surface area contributed by atoms with E-state index in [1.165, 1.54) is 0 Å². The lowest BCUT2D eigenvalue weighted by Gasteiger charge is -2.36. The van der Waals surface area contributed by atoms with E-state index >= 15 is 0 Å². The highest BCUT2D eigenvalue weighted by atomic mass is 16.5. The van der Waals surface area contributed by atoms with Crippen LogP contribution in [-0.4, -0.2) is 133 Å². The van der Waals surface area contributed by atoms with Gasteiger partial charge in [0.05, 0.1) is 84.2 Å².